The number of halogens is 1. The molecule has 0 spiro atoms. The van der Waals surface area contributed by atoms with Gasteiger partial charge in [-0.2, -0.15) is 0 Å². The van der Waals surface area contributed by atoms with E-state index >= 15 is 0 Å². The molecule has 0 aliphatic heterocycles. The van der Waals surface area contributed by atoms with Crippen LogP contribution >= 0.6 is 11.6 Å². The topological polar surface area (TPSA) is 61.7 Å². The van der Waals surface area contributed by atoms with Crippen LogP contribution in [0.3, 0.4) is 0 Å². The fraction of sp³-hybridized carbons (Fsp3) is 0.667. The summed E-state index contributed by atoms with van der Waals surface area (Å²) in [6.45, 7) is 11.6. The molecule has 0 aliphatic rings. The van der Waals surface area contributed by atoms with Gasteiger partial charge in [0.2, 0.25) is 0 Å². The molecule has 0 unspecified atom stereocenters. The Morgan fingerprint density at radius 2 is 1.79 bits per heavy atom. The second-order valence-electron chi connectivity index (χ2n) is 7.84. The Bertz CT molecular complexity index is 488. The first-order valence-corrected chi connectivity index (χ1v) is 11.7. The zero-order chi connectivity index (χ0) is 18.4. The zero-order valence-corrected chi connectivity index (χ0v) is 17.2. The minimum atomic E-state index is -1.85. The van der Waals surface area contributed by atoms with Crippen molar-refractivity contribution in [1.29, 1.82) is 0 Å². The van der Waals surface area contributed by atoms with Gasteiger partial charge in [-0.05, 0) is 42.2 Å². The highest BCUT2D eigenvalue weighted by molar-refractivity contribution is 6.74. The van der Waals surface area contributed by atoms with Crippen LogP contribution in [-0.4, -0.2) is 50.4 Å². The van der Waals surface area contributed by atoms with Gasteiger partial charge < -0.3 is 20.0 Å². The lowest BCUT2D eigenvalue weighted by Gasteiger charge is -2.36. The molecule has 138 valence electrons. The Morgan fingerprint density at radius 3 is 2.29 bits per heavy atom. The third kappa shape index (κ3) is 7.21. The van der Waals surface area contributed by atoms with Crippen LogP contribution < -0.4 is 5.32 Å². The fourth-order valence-electron chi connectivity index (χ4n) is 1.99. The molecule has 1 aromatic rings. The molecule has 2 atom stereocenters. The third-order valence-electron chi connectivity index (χ3n) is 4.70. The molecule has 1 aromatic carbocycles. The second kappa shape index (κ2) is 9.32. The SMILES string of the molecule is CC(C)(C)[Si](C)(C)OC[C@@H](O)CN[C@H](CO)Cc1ccc(Cl)cc1. The Kier molecular flexibility index (Phi) is 8.39. The van der Waals surface area contributed by atoms with Crippen molar-refractivity contribution in [1.82, 2.24) is 5.32 Å². The lowest BCUT2D eigenvalue weighted by molar-refractivity contribution is 0.0931. The van der Waals surface area contributed by atoms with Gasteiger partial charge >= 0.3 is 0 Å². The van der Waals surface area contributed by atoms with E-state index in [9.17, 15) is 10.2 Å². The average Bonchev–Trinajstić information content (AvgIpc) is 2.50. The molecule has 0 aromatic heterocycles. The van der Waals surface area contributed by atoms with Crippen LogP contribution in [0.4, 0.5) is 0 Å². The van der Waals surface area contributed by atoms with Gasteiger partial charge in [0.25, 0.3) is 0 Å². The molecule has 24 heavy (non-hydrogen) atoms. The van der Waals surface area contributed by atoms with Crippen LogP contribution in [0, 0.1) is 0 Å². The van der Waals surface area contributed by atoms with Gasteiger partial charge in [-0.15, -0.1) is 0 Å². The molecule has 0 bridgehead atoms. The molecule has 6 heteroatoms. The van der Waals surface area contributed by atoms with Crippen LogP contribution in [-0.2, 0) is 10.8 Å². The molecule has 4 nitrogen and oxygen atoms in total. The maximum atomic E-state index is 10.2. The third-order valence-corrected chi connectivity index (χ3v) is 9.45. The van der Waals surface area contributed by atoms with Crippen molar-refractivity contribution in [3.63, 3.8) is 0 Å². The highest BCUT2D eigenvalue weighted by Gasteiger charge is 2.37. The summed E-state index contributed by atoms with van der Waals surface area (Å²) in [4.78, 5) is 0. The van der Waals surface area contributed by atoms with Gasteiger partial charge in [0.05, 0.1) is 19.3 Å². The molecule has 1 rings (SSSR count). The lowest BCUT2D eigenvalue weighted by atomic mass is 10.1. The van der Waals surface area contributed by atoms with Gasteiger partial charge in [-0.3, -0.25) is 0 Å². The van der Waals surface area contributed by atoms with Gasteiger partial charge in [0.15, 0.2) is 8.32 Å². The minimum Gasteiger partial charge on any atom is -0.414 e. The monoisotopic (exact) mass is 373 g/mol. The van der Waals surface area contributed by atoms with E-state index in [0.717, 1.165) is 5.56 Å². The van der Waals surface area contributed by atoms with Crippen LogP contribution in [0.1, 0.15) is 26.3 Å². The van der Waals surface area contributed by atoms with Crippen molar-refractivity contribution >= 4 is 19.9 Å². The Labute approximate surface area is 152 Å². The van der Waals surface area contributed by atoms with Crippen molar-refractivity contribution in [2.45, 2.75) is 57.5 Å². The number of hydrogen-bond donors (Lipinski definition) is 3. The van der Waals surface area contributed by atoms with Crippen LogP contribution in [0.15, 0.2) is 24.3 Å². The standard InChI is InChI=1S/C18H32ClNO3Si/c1-18(2,3)24(4,5)23-13-17(22)11-20-16(12-21)10-14-6-8-15(19)9-7-14/h6-9,16-17,20-22H,10-13H2,1-5H3/t16-,17-/m0/s1. The Hall–Kier alpha value is -0.433. The van der Waals surface area contributed by atoms with Crippen LogP contribution in [0.5, 0.6) is 0 Å². The number of nitrogens with one attached hydrogen (secondary N) is 1. The number of aliphatic hydroxyl groups is 2. The normalized spacial score (nSPS) is 15.3. The van der Waals surface area contributed by atoms with E-state index in [2.05, 4.69) is 39.2 Å². The van der Waals surface area contributed by atoms with E-state index in [4.69, 9.17) is 16.0 Å². The average molecular weight is 374 g/mol. The minimum absolute atomic E-state index is 0.0123. The molecule has 0 heterocycles. The number of hydrogen-bond acceptors (Lipinski definition) is 4. The van der Waals surface area contributed by atoms with E-state index in [0.29, 0.717) is 24.6 Å². The smallest absolute Gasteiger partial charge is 0.192 e. The summed E-state index contributed by atoms with van der Waals surface area (Å²) in [5, 5.41) is 23.7. The Morgan fingerprint density at radius 1 is 1.21 bits per heavy atom. The number of benzene rings is 1. The number of rotatable bonds is 9. The summed E-state index contributed by atoms with van der Waals surface area (Å²) < 4.78 is 6.02. The quantitative estimate of drug-likeness (QED) is 0.581. The van der Waals surface area contributed by atoms with E-state index in [1.165, 1.54) is 0 Å². The molecule has 0 saturated carbocycles. The summed E-state index contributed by atoms with van der Waals surface area (Å²) in [6.07, 6.45) is 0.0992. The summed E-state index contributed by atoms with van der Waals surface area (Å²) in [6, 6.07) is 7.47. The molecule has 0 aliphatic carbocycles. The van der Waals surface area contributed by atoms with Crippen molar-refractivity contribution in [3.8, 4) is 0 Å². The highest BCUT2D eigenvalue weighted by Crippen LogP contribution is 2.36. The summed E-state index contributed by atoms with van der Waals surface area (Å²) >= 11 is 5.88. The van der Waals surface area contributed by atoms with Crippen molar-refractivity contribution in [2.75, 3.05) is 19.8 Å². The van der Waals surface area contributed by atoms with Crippen molar-refractivity contribution in [3.05, 3.63) is 34.9 Å². The van der Waals surface area contributed by atoms with E-state index in [1.54, 1.807) is 0 Å². The molecular weight excluding hydrogens is 342 g/mol. The first kappa shape index (κ1) is 21.6. The van der Waals surface area contributed by atoms with Gasteiger partial charge in [0, 0.05) is 17.6 Å². The second-order valence-corrected chi connectivity index (χ2v) is 13.1. The first-order chi connectivity index (χ1) is 11.0. The van der Waals surface area contributed by atoms with E-state index < -0.39 is 14.4 Å². The predicted molar refractivity (Wildman–Crippen MR) is 103 cm³/mol. The van der Waals surface area contributed by atoms with Gasteiger partial charge in [0.1, 0.15) is 0 Å². The molecule has 0 radical (unpaired) electrons. The summed E-state index contributed by atoms with van der Waals surface area (Å²) in [5.41, 5.74) is 1.10. The Balaban J connectivity index is 2.41. The summed E-state index contributed by atoms with van der Waals surface area (Å²) in [7, 11) is -1.85. The molecule has 3 N–H and O–H groups in total. The largest absolute Gasteiger partial charge is 0.414 e. The maximum absolute atomic E-state index is 10.2. The predicted octanol–water partition coefficient (Wildman–Crippen LogP) is 3.22. The lowest BCUT2D eigenvalue weighted by Crippen LogP contribution is -2.45. The van der Waals surface area contributed by atoms with Crippen LogP contribution in [0.25, 0.3) is 0 Å². The highest BCUT2D eigenvalue weighted by atomic mass is 35.5. The van der Waals surface area contributed by atoms with Crippen LogP contribution in [0.2, 0.25) is 23.2 Å². The fourth-order valence-corrected chi connectivity index (χ4v) is 3.16. The maximum Gasteiger partial charge on any atom is 0.192 e. The zero-order valence-electron chi connectivity index (χ0n) is 15.5. The van der Waals surface area contributed by atoms with E-state index in [1.807, 2.05) is 24.3 Å². The van der Waals surface area contributed by atoms with Gasteiger partial charge in [-0.1, -0.05) is 44.5 Å². The van der Waals surface area contributed by atoms with Gasteiger partial charge in [-0.25, -0.2) is 0 Å². The molecule has 0 saturated heterocycles. The molecule has 0 amide bonds. The first-order valence-electron chi connectivity index (χ1n) is 8.46. The number of aliphatic hydroxyl groups excluding tert-OH is 2. The summed E-state index contributed by atoms with van der Waals surface area (Å²) in [5.74, 6) is 0. The van der Waals surface area contributed by atoms with E-state index in [-0.39, 0.29) is 17.7 Å². The van der Waals surface area contributed by atoms with Crippen molar-refractivity contribution < 1.29 is 14.6 Å². The molecular formula is C18H32ClNO3Si. The molecule has 0 fully saturated rings. The van der Waals surface area contributed by atoms with Crippen molar-refractivity contribution in [2.24, 2.45) is 0 Å².